The van der Waals surface area contributed by atoms with Gasteiger partial charge in [-0.1, -0.05) is 18.9 Å². The summed E-state index contributed by atoms with van der Waals surface area (Å²) in [6, 6.07) is 0.602. The average Bonchev–Trinajstić information content (AvgIpc) is 2.67. The van der Waals surface area contributed by atoms with Gasteiger partial charge in [0.2, 0.25) is 5.89 Å². The molecule has 1 rings (SSSR count). The fourth-order valence-electron chi connectivity index (χ4n) is 1.27. The van der Waals surface area contributed by atoms with Crippen LogP contribution in [0.25, 0.3) is 0 Å². The zero-order valence-electron chi connectivity index (χ0n) is 9.79. The maximum atomic E-state index is 5.49. The summed E-state index contributed by atoms with van der Waals surface area (Å²) in [6.45, 7) is 6.81. The molecule has 0 radical (unpaired) electrons. The van der Waals surface area contributed by atoms with E-state index in [9.17, 15) is 0 Å². The summed E-state index contributed by atoms with van der Waals surface area (Å²) >= 11 is 0. The van der Waals surface area contributed by atoms with Crippen molar-refractivity contribution >= 4 is 6.01 Å². The fraction of sp³-hybridized carbons (Fsp3) is 0.800. The van der Waals surface area contributed by atoms with Gasteiger partial charge in [0.1, 0.15) is 0 Å². The Morgan fingerprint density at radius 3 is 2.73 bits per heavy atom. The van der Waals surface area contributed by atoms with Gasteiger partial charge in [0.15, 0.2) is 0 Å². The number of nitrogens with zero attached hydrogens (tertiary/aromatic N) is 3. The van der Waals surface area contributed by atoms with Crippen molar-refractivity contribution in [1.29, 1.82) is 0 Å². The van der Waals surface area contributed by atoms with Crippen LogP contribution in [0.1, 0.15) is 32.6 Å². The zero-order valence-corrected chi connectivity index (χ0v) is 9.79. The first-order valence-electron chi connectivity index (χ1n) is 5.52. The van der Waals surface area contributed by atoms with E-state index in [1.165, 1.54) is 0 Å². The first-order chi connectivity index (χ1) is 7.27. The molecule has 86 valence electrons. The van der Waals surface area contributed by atoms with Gasteiger partial charge in [0, 0.05) is 13.6 Å². The van der Waals surface area contributed by atoms with Crippen molar-refractivity contribution in [2.45, 2.75) is 33.2 Å². The molecule has 0 amide bonds. The van der Waals surface area contributed by atoms with Crippen LogP contribution in [0.15, 0.2) is 4.42 Å². The number of hydrogen-bond acceptors (Lipinski definition) is 5. The van der Waals surface area contributed by atoms with E-state index in [1.54, 1.807) is 0 Å². The Hall–Kier alpha value is -1.10. The first-order valence-corrected chi connectivity index (χ1v) is 5.52. The van der Waals surface area contributed by atoms with Crippen LogP contribution in [0.2, 0.25) is 0 Å². The van der Waals surface area contributed by atoms with Crippen molar-refractivity contribution in [3.8, 4) is 0 Å². The number of rotatable bonds is 7. The normalized spacial score (nSPS) is 10.6. The van der Waals surface area contributed by atoms with Crippen LogP contribution in [-0.2, 0) is 6.54 Å². The highest BCUT2D eigenvalue weighted by Gasteiger charge is 2.08. The van der Waals surface area contributed by atoms with Gasteiger partial charge in [-0.05, 0) is 19.4 Å². The van der Waals surface area contributed by atoms with Crippen LogP contribution >= 0.6 is 0 Å². The van der Waals surface area contributed by atoms with Gasteiger partial charge in [0.05, 0.1) is 6.54 Å². The molecule has 5 heteroatoms. The summed E-state index contributed by atoms with van der Waals surface area (Å²) < 4.78 is 5.49. The second kappa shape index (κ2) is 6.40. The SMILES string of the molecule is CCCNCc1nnc(N(C)CCC)o1. The summed E-state index contributed by atoms with van der Waals surface area (Å²) in [5.74, 6) is 0.654. The smallest absolute Gasteiger partial charge is 0.317 e. The molecule has 0 saturated heterocycles. The minimum atomic E-state index is 0.602. The quantitative estimate of drug-likeness (QED) is 0.693. The van der Waals surface area contributed by atoms with Crippen molar-refractivity contribution in [3.63, 3.8) is 0 Å². The highest BCUT2D eigenvalue weighted by Crippen LogP contribution is 2.10. The van der Waals surface area contributed by atoms with Crippen molar-refractivity contribution in [2.24, 2.45) is 0 Å². The number of nitrogens with one attached hydrogen (secondary N) is 1. The van der Waals surface area contributed by atoms with Crippen LogP contribution in [0.3, 0.4) is 0 Å². The minimum absolute atomic E-state index is 0.602. The van der Waals surface area contributed by atoms with Gasteiger partial charge in [-0.25, -0.2) is 0 Å². The molecule has 1 aromatic rings. The summed E-state index contributed by atoms with van der Waals surface area (Å²) in [5.41, 5.74) is 0. The Balaban J connectivity index is 2.41. The predicted octanol–water partition coefficient (Wildman–Crippen LogP) is 1.42. The lowest BCUT2D eigenvalue weighted by Crippen LogP contribution is -2.18. The van der Waals surface area contributed by atoms with Crippen LogP contribution in [0.4, 0.5) is 6.01 Å². The molecule has 0 aliphatic carbocycles. The highest BCUT2D eigenvalue weighted by atomic mass is 16.4. The van der Waals surface area contributed by atoms with Gasteiger partial charge in [0.25, 0.3) is 0 Å². The number of hydrogen-bond donors (Lipinski definition) is 1. The molecule has 5 nitrogen and oxygen atoms in total. The Morgan fingerprint density at radius 2 is 2.07 bits per heavy atom. The van der Waals surface area contributed by atoms with E-state index in [4.69, 9.17) is 4.42 Å². The standard InChI is InChI=1S/C10H20N4O/c1-4-6-11-8-9-12-13-10(15-9)14(3)7-5-2/h11H,4-8H2,1-3H3. The van der Waals surface area contributed by atoms with Crippen molar-refractivity contribution in [2.75, 3.05) is 25.0 Å². The van der Waals surface area contributed by atoms with Gasteiger partial charge in [-0.2, -0.15) is 0 Å². The van der Waals surface area contributed by atoms with Gasteiger partial charge in [-0.3, -0.25) is 0 Å². The summed E-state index contributed by atoms with van der Waals surface area (Å²) in [6.07, 6.45) is 2.18. The van der Waals surface area contributed by atoms with Crippen molar-refractivity contribution in [3.05, 3.63) is 5.89 Å². The summed E-state index contributed by atoms with van der Waals surface area (Å²) in [4.78, 5) is 1.97. The van der Waals surface area contributed by atoms with E-state index in [0.29, 0.717) is 18.5 Å². The predicted molar refractivity (Wildman–Crippen MR) is 59.9 cm³/mol. The molecule has 1 N–H and O–H groups in total. The van der Waals surface area contributed by atoms with Crippen molar-refractivity contribution < 1.29 is 4.42 Å². The Labute approximate surface area is 90.9 Å². The van der Waals surface area contributed by atoms with Gasteiger partial charge >= 0.3 is 6.01 Å². The molecule has 0 aromatic carbocycles. The average molecular weight is 212 g/mol. The topological polar surface area (TPSA) is 54.2 Å². The van der Waals surface area contributed by atoms with E-state index >= 15 is 0 Å². The molecule has 0 bridgehead atoms. The van der Waals surface area contributed by atoms with Crippen LogP contribution < -0.4 is 10.2 Å². The Morgan fingerprint density at radius 1 is 1.27 bits per heavy atom. The number of anilines is 1. The minimum Gasteiger partial charge on any atom is -0.407 e. The third-order valence-corrected chi connectivity index (χ3v) is 2.04. The van der Waals surface area contributed by atoms with Crippen LogP contribution in [0, 0.1) is 0 Å². The first kappa shape index (κ1) is 12.0. The molecule has 0 fully saturated rings. The molecule has 0 unspecified atom stereocenters. The largest absolute Gasteiger partial charge is 0.407 e. The molecule has 1 heterocycles. The second-order valence-electron chi connectivity index (χ2n) is 3.58. The van der Waals surface area contributed by atoms with Crippen LogP contribution in [0.5, 0.6) is 0 Å². The third kappa shape index (κ3) is 3.87. The molecule has 1 aromatic heterocycles. The zero-order chi connectivity index (χ0) is 11.1. The van der Waals surface area contributed by atoms with E-state index < -0.39 is 0 Å². The van der Waals surface area contributed by atoms with E-state index in [0.717, 1.165) is 25.9 Å². The molecular weight excluding hydrogens is 192 g/mol. The van der Waals surface area contributed by atoms with Gasteiger partial charge < -0.3 is 14.6 Å². The third-order valence-electron chi connectivity index (χ3n) is 2.04. The molecule has 0 aliphatic rings. The van der Waals surface area contributed by atoms with E-state index in [2.05, 4.69) is 29.4 Å². The molecular formula is C10H20N4O. The summed E-state index contributed by atoms with van der Waals surface area (Å²) in [5, 5.41) is 11.2. The maximum Gasteiger partial charge on any atom is 0.317 e. The molecule has 15 heavy (non-hydrogen) atoms. The Kier molecular flexibility index (Phi) is 5.10. The fourth-order valence-corrected chi connectivity index (χ4v) is 1.27. The van der Waals surface area contributed by atoms with E-state index in [1.807, 2.05) is 11.9 Å². The molecule has 0 atom stereocenters. The Bertz CT molecular complexity index is 274. The lowest BCUT2D eigenvalue weighted by molar-refractivity contribution is 0.465. The van der Waals surface area contributed by atoms with Crippen molar-refractivity contribution in [1.82, 2.24) is 15.5 Å². The maximum absolute atomic E-state index is 5.49. The monoisotopic (exact) mass is 212 g/mol. The lowest BCUT2D eigenvalue weighted by atomic mass is 10.4. The van der Waals surface area contributed by atoms with Gasteiger partial charge in [-0.15, -0.1) is 5.10 Å². The molecule has 0 saturated carbocycles. The molecule has 0 spiro atoms. The van der Waals surface area contributed by atoms with Crippen LogP contribution in [-0.4, -0.2) is 30.3 Å². The number of aromatic nitrogens is 2. The second-order valence-corrected chi connectivity index (χ2v) is 3.58. The highest BCUT2D eigenvalue weighted by molar-refractivity contribution is 5.21. The lowest BCUT2D eigenvalue weighted by Gasteiger charge is -2.11. The summed E-state index contributed by atoms with van der Waals surface area (Å²) in [7, 11) is 1.96. The van der Waals surface area contributed by atoms with E-state index in [-0.39, 0.29) is 0 Å². The molecule has 0 aliphatic heterocycles.